The summed E-state index contributed by atoms with van der Waals surface area (Å²) >= 11 is 0. The Bertz CT molecular complexity index is 604. The first-order valence-electron chi connectivity index (χ1n) is 7.98. The predicted octanol–water partition coefficient (Wildman–Crippen LogP) is 2.66. The molecule has 0 saturated heterocycles. The molecule has 0 bridgehead atoms. The molecule has 5 nitrogen and oxygen atoms in total. The van der Waals surface area contributed by atoms with Crippen molar-refractivity contribution in [1.82, 2.24) is 5.32 Å². The van der Waals surface area contributed by atoms with E-state index in [1.807, 2.05) is 6.07 Å². The summed E-state index contributed by atoms with van der Waals surface area (Å²) in [6, 6.07) is 8.25. The highest BCUT2D eigenvalue weighted by Gasteiger charge is 2.28. The number of rotatable bonds is 4. The summed E-state index contributed by atoms with van der Waals surface area (Å²) in [6.45, 7) is 4.07. The average molecular weight is 314 g/mol. The highest BCUT2D eigenvalue weighted by Crippen LogP contribution is 2.29. The molecule has 23 heavy (non-hydrogen) atoms. The number of nitriles is 1. The maximum Gasteiger partial charge on any atom is 0.338 e. The van der Waals surface area contributed by atoms with E-state index in [4.69, 9.17) is 10.00 Å². The van der Waals surface area contributed by atoms with Gasteiger partial charge in [-0.05, 0) is 42.5 Å². The number of nitrogens with one attached hydrogen (secondary N) is 1. The van der Waals surface area contributed by atoms with Crippen LogP contribution >= 0.6 is 0 Å². The van der Waals surface area contributed by atoms with E-state index in [1.165, 1.54) is 18.6 Å². The van der Waals surface area contributed by atoms with E-state index in [-0.39, 0.29) is 18.6 Å². The third kappa shape index (κ3) is 4.56. The molecule has 0 spiro atoms. The van der Waals surface area contributed by atoms with Gasteiger partial charge in [0.25, 0.3) is 5.91 Å². The second-order valence-electron chi connectivity index (χ2n) is 6.21. The standard InChI is InChI=1S/C18H22N2O3/c1-12-4-3-5-16(13(12)2)20-17(21)11-23-18(22)15-8-6-14(10-19)7-9-15/h6-9,12-13,16H,3-5,11H2,1-2H3,(H,20,21)/t12-,13+,16+/m0/s1. The number of hydrogen-bond acceptors (Lipinski definition) is 4. The third-order valence-corrected chi connectivity index (χ3v) is 4.64. The fraction of sp³-hybridized carbons (Fsp3) is 0.500. The zero-order valence-corrected chi connectivity index (χ0v) is 13.5. The lowest BCUT2D eigenvalue weighted by Crippen LogP contribution is -2.45. The number of esters is 1. The van der Waals surface area contributed by atoms with Crippen molar-refractivity contribution >= 4 is 11.9 Å². The van der Waals surface area contributed by atoms with Gasteiger partial charge in [-0.15, -0.1) is 0 Å². The summed E-state index contributed by atoms with van der Waals surface area (Å²) in [5, 5.41) is 11.7. The van der Waals surface area contributed by atoms with E-state index in [2.05, 4.69) is 19.2 Å². The van der Waals surface area contributed by atoms with Gasteiger partial charge in [0, 0.05) is 6.04 Å². The third-order valence-electron chi connectivity index (χ3n) is 4.64. The molecular formula is C18H22N2O3. The van der Waals surface area contributed by atoms with Crippen LogP contribution in [0.3, 0.4) is 0 Å². The Morgan fingerprint density at radius 1 is 1.26 bits per heavy atom. The lowest BCUT2D eigenvalue weighted by Gasteiger charge is -2.34. The van der Waals surface area contributed by atoms with Crippen molar-refractivity contribution in [2.75, 3.05) is 6.61 Å². The number of amides is 1. The monoisotopic (exact) mass is 314 g/mol. The molecule has 1 amide bonds. The van der Waals surface area contributed by atoms with Gasteiger partial charge in [-0.2, -0.15) is 5.26 Å². The predicted molar refractivity (Wildman–Crippen MR) is 85.5 cm³/mol. The van der Waals surface area contributed by atoms with Crippen LogP contribution in [0.2, 0.25) is 0 Å². The van der Waals surface area contributed by atoms with Crippen molar-refractivity contribution in [3.63, 3.8) is 0 Å². The van der Waals surface area contributed by atoms with Crippen molar-refractivity contribution in [3.8, 4) is 6.07 Å². The van der Waals surface area contributed by atoms with Gasteiger partial charge in [-0.25, -0.2) is 4.79 Å². The molecule has 1 aliphatic carbocycles. The first-order chi connectivity index (χ1) is 11.0. The second kappa shape index (κ2) is 7.77. The van der Waals surface area contributed by atoms with E-state index in [0.29, 0.717) is 23.0 Å². The van der Waals surface area contributed by atoms with Crippen molar-refractivity contribution in [2.24, 2.45) is 11.8 Å². The van der Waals surface area contributed by atoms with Crippen molar-refractivity contribution in [2.45, 2.75) is 39.2 Å². The number of hydrogen-bond donors (Lipinski definition) is 1. The summed E-state index contributed by atoms with van der Waals surface area (Å²) in [5.41, 5.74) is 0.802. The minimum Gasteiger partial charge on any atom is -0.452 e. The molecule has 2 rings (SSSR count). The highest BCUT2D eigenvalue weighted by atomic mass is 16.5. The van der Waals surface area contributed by atoms with Crippen molar-refractivity contribution in [1.29, 1.82) is 5.26 Å². The largest absolute Gasteiger partial charge is 0.452 e. The van der Waals surface area contributed by atoms with Gasteiger partial charge in [0.15, 0.2) is 6.61 Å². The molecule has 1 fully saturated rings. The number of carbonyl (C=O) groups is 2. The number of nitrogens with zero attached hydrogens (tertiary/aromatic N) is 1. The quantitative estimate of drug-likeness (QED) is 0.867. The smallest absolute Gasteiger partial charge is 0.338 e. The SMILES string of the molecule is C[C@@H]1[C@@H](C)CCC[C@H]1NC(=O)COC(=O)c1ccc(C#N)cc1. The zero-order chi connectivity index (χ0) is 16.8. The lowest BCUT2D eigenvalue weighted by atomic mass is 9.78. The fourth-order valence-corrected chi connectivity index (χ4v) is 2.93. The van der Waals surface area contributed by atoms with Gasteiger partial charge < -0.3 is 10.1 Å². The van der Waals surface area contributed by atoms with Crippen molar-refractivity contribution in [3.05, 3.63) is 35.4 Å². The van der Waals surface area contributed by atoms with Crippen LogP contribution in [0, 0.1) is 23.2 Å². The molecule has 1 aliphatic rings. The zero-order valence-electron chi connectivity index (χ0n) is 13.5. The minimum absolute atomic E-state index is 0.153. The molecule has 0 heterocycles. The first kappa shape index (κ1) is 17.0. The second-order valence-corrected chi connectivity index (χ2v) is 6.21. The van der Waals surface area contributed by atoms with Gasteiger partial charge in [0.2, 0.25) is 0 Å². The Labute approximate surface area is 136 Å². The summed E-state index contributed by atoms with van der Waals surface area (Å²) < 4.78 is 5.03. The van der Waals surface area contributed by atoms with Crippen LogP contribution in [0.5, 0.6) is 0 Å². The van der Waals surface area contributed by atoms with E-state index >= 15 is 0 Å². The maximum atomic E-state index is 12.0. The van der Waals surface area contributed by atoms with Crippen LogP contribution < -0.4 is 5.32 Å². The number of carbonyl (C=O) groups excluding carboxylic acids is 2. The van der Waals surface area contributed by atoms with E-state index in [0.717, 1.165) is 12.8 Å². The van der Waals surface area contributed by atoms with E-state index < -0.39 is 5.97 Å². The molecule has 0 unspecified atom stereocenters. The molecule has 0 radical (unpaired) electrons. The molecule has 122 valence electrons. The minimum atomic E-state index is -0.560. The summed E-state index contributed by atoms with van der Waals surface area (Å²) in [6.07, 6.45) is 3.28. The molecule has 1 aromatic carbocycles. The molecule has 0 aromatic heterocycles. The van der Waals surface area contributed by atoms with Crippen LogP contribution in [0.25, 0.3) is 0 Å². The van der Waals surface area contributed by atoms with Gasteiger partial charge in [-0.1, -0.05) is 26.7 Å². The van der Waals surface area contributed by atoms with E-state index in [9.17, 15) is 9.59 Å². The summed E-state index contributed by atoms with van der Waals surface area (Å²) in [4.78, 5) is 23.8. The molecule has 1 N–H and O–H groups in total. The van der Waals surface area contributed by atoms with Gasteiger partial charge in [0.1, 0.15) is 0 Å². The summed E-state index contributed by atoms with van der Waals surface area (Å²) in [5.74, 6) is 0.199. The van der Waals surface area contributed by atoms with Crippen LogP contribution in [0.4, 0.5) is 0 Å². The first-order valence-corrected chi connectivity index (χ1v) is 7.98. The Kier molecular flexibility index (Phi) is 5.75. The molecule has 3 atom stereocenters. The average Bonchev–Trinajstić information content (AvgIpc) is 2.57. The Balaban J connectivity index is 1.81. The van der Waals surface area contributed by atoms with Crippen LogP contribution in [-0.4, -0.2) is 24.5 Å². The highest BCUT2D eigenvalue weighted by molar-refractivity contribution is 5.91. The van der Waals surface area contributed by atoms with E-state index in [1.54, 1.807) is 12.1 Å². The molecule has 1 saturated carbocycles. The van der Waals surface area contributed by atoms with Crippen LogP contribution in [-0.2, 0) is 9.53 Å². The number of ether oxygens (including phenoxy) is 1. The van der Waals surface area contributed by atoms with Crippen molar-refractivity contribution < 1.29 is 14.3 Å². The fourth-order valence-electron chi connectivity index (χ4n) is 2.93. The number of benzene rings is 1. The molecule has 5 heteroatoms. The molecule has 0 aliphatic heterocycles. The van der Waals surface area contributed by atoms with Gasteiger partial charge >= 0.3 is 5.97 Å². The van der Waals surface area contributed by atoms with Gasteiger partial charge in [0.05, 0.1) is 17.2 Å². The Morgan fingerprint density at radius 3 is 2.61 bits per heavy atom. The van der Waals surface area contributed by atoms with Crippen LogP contribution in [0.1, 0.15) is 49.0 Å². The lowest BCUT2D eigenvalue weighted by molar-refractivity contribution is -0.125. The Hall–Kier alpha value is -2.35. The normalized spacial score (nSPS) is 23.6. The topological polar surface area (TPSA) is 79.2 Å². The Morgan fingerprint density at radius 2 is 1.96 bits per heavy atom. The van der Waals surface area contributed by atoms with Gasteiger partial charge in [-0.3, -0.25) is 4.79 Å². The maximum absolute atomic E-state index is 12.0. The molecular weight excluding hydrogens is 292 g/mol. The summed E-state index contributed by atoms with van der Waals surface area (Å²) in [7, 11) is 0. The molecule has 1 aromatic rings. The van der Waals surface area contributed by atoms with Crippen LogP contribution in [0.15, 0.2) is 24.3 Å².